The second-order valence-corrected chi connectivity index (χ2v) is 10.7. The zero-order valence-corrected chi connectivity index (χ0v) is 23.8. The van der Waals surface area contributed by atoms with Gasteiger partial charge in [-0.3, -0.25) is 9.88 Å². The average molecular weight is 598 g/mol. The molecule has 0 radical (unpaired) electrons. The van der Waals surface area contributed by atoms with Crippen molar-refractivity contribution in [3.05, 3.63) is 65.3 Å². The number of methoxy groups -OCH3 is 1. The van der Waals surface area contributed by atoms with Crippen LogP contribution in [0.4, 0.5) is 14.9 Å². The lowest BCUT2D eigenvalue weighted by molar-refractivity contribution is 0.167. The number of nitrogens with zero attached hydrogens (tertiary/aromatic N) is 5. The molecular formula is C28H25ClFN5O5S. The monoisotopic (exact) mass is 597 g/mol. The van der Waals surface area contributed by atoms with Gasteiger partial charge in [-0.15, -0.1) is 11.3 Å². The van der Waals surface area contributed by atoms with Gasteiger partial charge < -0.3 is 19.7 Å². The van der Waals surface area contributed by atoms with E-state index in [1.807, 2.05) is 0 Å². The topological polar surface area (TPSA) is 131 Å². The molecule has 0 saturated heterocycles. The number of aromatic nitrogens is 4. The number of fused-ring (bicyclic) bond motifs is 2. The summed E-state index contributed by atoms with van der Waals surface area (Å²) in [5.41, 5.74) is 3.14. The van der Waals surface area contributed by atoms with Gasteiger partial charge in [0.25, 0.3) is 0 Å². The molecule has 13 heteroatoms. The third-order valence-corrected chi connectivity index (χ3v) is 7.80. The molecule has 0 aliphatic carbocycles. The number of aliphatic hydroxyl groups is 1. The van der Waals surface area contributed by atoms with Crippen LogP contribution in [-0.4, -0.2) is 62.1 Å². The van der Waals surface area contributed by atoms with E-state index in [0.717, 1.165) is 4.90 Å². The van der Waals surface area contributed by atoms with Crippen LogP contribution in [0.1, 0.15) is 19.5 Å². The summed E-state index contributed by atoms with van der Waals surface area (Å²) < 4.78 is 26.9. The van der Waals surface area contributed by atoms with Crippen LogP contribution >= 0.6 is 22.9 Å². The number of benzene rings is 2. The Morgan fingerprint density at radius 3 is 2.61 bits per heavy atom. The molecule has 212 valence electrons. The van der Waals surface area contributed by atoms with E-state index in [9.17, 15) is 9.90 Å². The average Bonchev–Trinajstić information content (AvgIpc) is 3.35. The zero-order valence-electron chi connectivity index (χ0n) is 22.2. The molecule has 0 aliphatic rings. The fourth-order valence-electron chi connectivity index (χ4n) is 4.32. The van der Waals surface area contributed by atoms with Gasteiger partial charge in [-0.25, -0.2) is 24.1 Å². The lowest BCUT2D eigenvalue weighted by Crippen LogP contribution is -2.46. The molecule has 10 nitrogen and oxygen atoms in total. The Bertz CT molecular complexity index is 1740. The van der Waals surface area contributed by atoms with E-state index >= 15 is 4.39 Å². The Morgan fingerprint density at radius 1 is 1.12 bits per heavy atom. The van der Waals surface area contributed by atoms with E-state index in [0.29, 0.717) is 60.5 Å². The summed E-state index contributed by atoms with van der Waals surface area (Å²) >= 11 is 7.66. The zero-order chi connectivity index (χ0) is 29.3. The number of carboxylic acid groups (broad SMARTS) is 1. The normalized spacial score (nSPS) is 12.8. The third kappa shape index (κ3) is 5.85. The Labute approximate surface area is 243 Å². The van der Waals surface area contributed by atoms with Crippen molar-refractivity contribution in [2.24, 2.45) is 0 Å². The molecule has 0 saturated carbocycles. The van der Waals surface area contributed by atoms with Crippen LogP contribution in [0.2, 0.25) is 5.02 Å². The number of aliphatic hydroxyl groups excluding tert-OH is 1. The summed E-state index contributed by atoms with van der Waals surface area (Å²) in [6.45, 7) is 3.27. The molecule has 2 N–H and O–H groups in total. The number of pyridine rings is 1. The first-order valence-electron chi connectivity index (χ1n) is 12.5. The number of hydrogen-bond donors (Lipinski definition) is 2. The van der Waals surface area contributed by atoms with E-state index in [4.69, 9.17) is 26.2 Å². The predicted octanol–water partition coefficient (Wildman–Crippen LogP) is 5.98. The van der Waals surface area contributed by atoms with Crippen molar-refractivity contribution < 1.29 is 28.9 Å². The van der Waals surface area contributed by atoms with Crippen LogP contribution in [0.3, 0.4) is 0 Å². The summed E-state index contributed by atoms with van der Waals surface area (Å²) in [5, 5.41) is 20.0. The lowest BCUT2D eigenvalue weighted by Gasteiger charge is -2.31. The molecule has 41 heavy (non-hydrogen) atoms. The minimum absolute atomic E-state index is 0.0331. The summed E-state index contributed by atoms with van der Waals surface area (Å²) in [6.07, 6.45) is 1.35. The Kier molecular flexibility index (Phi) is 8.15. The van der Waals surface area contributed by atoms with Gasteiger partial charge in [-0.05, 0) is 38.1 Å². The smallest absolute Gasteiger partial charge is 0.412 e. The number of thiazole rings is 1. The third-order valence-electron chi connectivity index (χ3n) is 6.53. The maximum absolute atomic E-state index is 15.2. The maximum atomic E-state index is 15.2. The first-order chi connectivity index (χ1) is 19.7. The summed E-state index contributed by atoms with van der Waals surface area (Å²) in [6, 6.07) is 8.80. The Morgan fingerprint density at radius 2 is 1.93 bits per heavy atom. The van der Waals surface area contributed by atoms with Crippen molar-refractivity contribution in [3.63, 3.8) is 0 Å². The molecular weight excluding hydrogens is 573 g/mol. The second-order valence-electron chi connectivity index (χ2n) is 9.20. The van der Waals surface area contributed by atoms with E-state index in [1.54, 1.807) is 44.2 Å². The maximum Gasteiger partial charge on any atom is 0.412 e. The number of carbonyl (C=O) groups is 1. The summed E-state index contributed by atoms with van der Waals surface area (Å²) in [7, 11) is 1.50. The molecule has 2 aromatic carbocycles. The van der Waals surface area contributed by atoms with Crippen LogP contribution in [0.15, 0.2) is 48.8 Å². The first kappa shape index (κ1) is 28.4. The lowest BCUT2D eigenvalue weighted by atomic mass is 10.1. The first-order valence-corrected chi connectivity index (χ1v) is 13.7. The SMILES string of the molecule is COc1cnc2c(-c3nc4cc(F)c(O[C@@H](C)C(C)N(C(=O)O)c5ccc(CCO)nc5)cc4s3)cc(Cl)cc2n1. The Balaban J connectivity index is 1.43. The van der Waals surface area contributed by atoms with Crippen LogP contribution in [0.5, 0.6) is 11.6 Å². The minimum atomic E-state index is -1.21. The number of anilines is 1. The standard InChI is InChI=1S/C28H25ClFN5O5S/c1-14(35(28(37)38)18-5-4-17(6-7-36)31-12-18)15(2)40-23-11-24-21(10-20(23)30)34-27(41-24)19-8-16(29)9-22-26(19)32-13-25(33-22)39-3/h4-5,8-15,36H,6-7H2,1-3H3,(H,37,38)/t14?,15-/m0/s1. The summed E-state index contributed by atoms with van der Waals surface area (Å²) in [4.78, 5) is 30.9. The Hall–Kier alpha value is -4.13. The van der Waals surface area contributed by atoms with Crippen molar-refractivity contribution in [2.75, 3.05) is 18.6 Å². The van der Waals surface area contributed by atoms with Gasteiger partial charge in [0.1, 0.15) is 11.1 Å². The van der Waals surface area contributed by atoms with E-state index in [1.165, 1.54) is 36.9 Å². The number of ether oxygens (including phenoxy) is 2. The van der Waals surface area contributed by atoms with Gasteiger partial charge >= 0.3 is 6.09 Å². The van der Waals surface area contributed by atoms with Gasteiger partial charge in [0.05, 0.1) is 52.5 Å². The van der Waals surface area contributed by atoms with Gasteiger partial charge in [0.15, 0.2) is 11.6 Å². The molecule has 1 unspecified atom stereocenters. The highest BCUT2D eigenvalue weighted by Crippen LogP contribution is 2.38. The number of hydrogen-bond acceptors (Lipinski definition) is 9. The number of amides is 1. The van der Waals surface area contributed by atoms with Crippen LogP contribution < -0.4 is 14.4 Å². The van der Waals surface area contributed by atoms with E-state index in [-0.39, 0.29) is 12.4 Å². The van der Waals surface area contributed by atoms with Gasteiger partial charge in [0.2, 0.25) is 5.88 Å². The van der Waals surface area contributed by atoms with Crippen molar-refractivity contribution in [1.29, 1.82) is 0 Å². The van der Waals surface area contributed by atoms with Gasteiger partial charge in [0, 0.05) is 41.4 Å². The molecule has 0 fully saturated rings. The van der Waals surface area contributed by atoms with Gasteiger partial charge in [-0.1, -0.05) is 11.6 Å². The highest BCUT2D eigenvalue weighted by Gasteiger charge is 2.28. The number of rotatable bonds is 9. The number of halogens is 2. The minimum Gasteiger partial charge on any atom is -0.485 e. The van der Waals surface area contributed by atoms with Crippen molar-refractivity contribution in [3.8, 4) is 22.2 Å². The van der Waals surface area contributed by atoms with Crippen molar-refractivity contribution >= 4 is 56.0 Å². The van der Waals surface area contributed by atoms with Crippen LogP contribution in [0, 0.1) is 5.82 Å². The molecule has 3 aromatic heterocycles. The van der Waals surface area contributed by atoms with Crippen molar-refractivity contribution in [1.82, 2.24) is 19.9 Å². The fourth-order valence-corrected chi connectivity index (χ4v) is 5.53. The van der Waals surface area contributed by atoms with Crippen LogP contribution in [0.25, 0.3) is 31.8 Å². The van der Waals surface area contributed by atoms with E-state index < -0.39 is 24.1 Å². The van der Waals surface area contributed by atoms with Crippen LogP contribution in [-0.2, 0) is 6.42 Å². The molecule has 0 bridgehead atoms. The molecule has 5 rings (SSSR count). The fraction of sp³-hybridized carbons (Fsp3) is 0.250. The molecule has 1 amide bonds. The van der Waals surface area contributed by atoms with E-state index in [2.05, 4.69) is 19.9 Å². The van der Waals surface area contributed by atoms with Gasteiger partial charge in [-0.2, -0.15) is 0 Å². The largest absolute Gasteiger partial charge is 0.485 e. The molecule has 0 spiro atoms. The summed E-state index contributed by atoms with van der Waals surface area (Å²) in [5.74, 6) is -0.321. The second kappa shape index (κ2) is 11.8. The van der Waals surface area contributed by atoms with Crippen molar-refractivity contribution in [2.45, 2.75) is 32.4 Å². The predicted molar refractivity (Wildman–Crippen MR) is 155 cm³/mol. The molecule has 0 aliphatic heterocycles. The molecule has 3 heterocycles. The highest BCUT2D eigenvalue weighted by molar-refractivity contribution is 7.21. The quantitative estimate of drug-likeness (QED) is 0.211. The molecule has 2 atom stereocenters. The molecule has 5 aromatic rings. The highest BCUT2D eigenvalue weighted by atomic mass is 35.5.